The Hall–Kier alpha value is -0.260. The van der Waals surface area contributed by atoms with Crippen molar-refractivity contribution in [3.63, 3.8) is 0 Å². The third kappa shape index (κ3) is 1.35. The molecule has 0 heterocycles. The summed E-state index contributed by atoms with van der Waals surface area (Å²) < 4.78 is 0. The van der Waals surface area contributed by atoms with E-state index in [0.717, 1.165) is 5.92 Å². The Kier molecular flexibility index (Phi) is 2.05. The summed E-state index contributed by atoms with van der Waals surface area (Å²) in [4.78, 5) is 0. The average molecular weight is 178 g/mol. The lowest BCUT2D eigenvalue weighted by Crippen LogP contribution is -2.37. The fraction of sp³-hybridized carbons (Fsp3) is 0.846. The maximum atomic E-state index is 2.50. The van der Waals surface area contributed by atoms with Crippen molar-refractivity contribution in [1.82, 2.24) is 0 Å². The predicted molar refractivity (Wildman–Crippen MR) is 57.6 cm³/mol. The number of hydrogen-bond acceptors (Lipinski definition) is 0. The van der Waals surface area contributed by atoms with Crippen molar-refractivity contribution in [2.24, 2.45) is 16.7 Å². The molecule has 1 fully saturated rings. The Labute approximate surface area is 82.4 Å². The van der Waals surface area contributed by atoms with Crippen LogP contribution in [0.5, 0.6) is 0 Å². The van der Waals surface area contributed by atoms with Crippen LogP contribution in [-0.4, -0.2) is 0 Å². The smallest absolute Gasteiger partial charge is 0.00813 e. The van der Waals surface area contributed by atoms with Gasteiger partial charge in [0, 0.05) is 0 Å². The highest BCUT2D eigenvalue weighted by Gasteiger charge is 2.44. The highest BCUT2D eigenvalue weighted by Crippen LogP contribution is 2.54. The molecule has 0 aromatic heterocycles. The Morgan fingerprint density at radius 1 is 1.15 bits per heavy atom. The molecule has 2 aliphatic carbocycles. The first kappa shape index (κ1) is 9.30. The maximum absolute atomic E-state index is 2.50. The third-order valence-corrected chi connectivity index (χ3v) is 4.84. The van der Waals surface area contributed by atoms with Gasteiger partial charge in [-0.1, -0.05) is 45.8 Å². The molecular weight excluding hydrogens is 156 g/mol. The fourth-order valence-corrected chi connectivity index (χ4v) is 3.22. The van der Waals surface area contributed by atoms with Crippen molar-refractivity contribution in [3.05, 3.63) is 12.2 Å². The minimum atomic E-state index is 0.527. The van der Waals surface area contributed by atoms with Crippen LogP contribution < -0.4 is 0 Å². The van der Waals surface area contributed by atoms with Crippen molar-refractivity contribution < 1.29 is 0 Å². The lowest BCUT2D eigenvalue weighted by molar-refractivity contribution is 0.0901. The van der Waals surface area contributed by atoms with Gasteiger partial charge < -0.3 is 0 Å². The van der Waals surface area contributed by atoms with Gasteiger partial charge in [0.05, 0.1) is 0 Å². The zero-order valence-electron chi connectivity index (χ0n) is 9.27. The van der Waals surface area contributed by atoms with Gasteiger partial charge >= 0.3 is 0 Å². The van der Waals surface area contributed by atoms with Crippen LogP contribution in [0.3, 0.4) is 0 Å². The van der Waals surface area contributed by atoms with Crippen LogP contribution in [0.4, 0.5) is 0 Å². The molecule has 2 rings (SSSR count). The van der Waals surface area contributed by atoms with Crippen molar-refractivity contribution in [1.29, 1.82) is 0 Å². The zero-order chi connectivity index (χ0) is 9.53. The summed E-state index contributed by atoms with van der Waals surface area (Å²) >= 11 is 0. The molecule has 0 aliphatic heterocycles. The predicted octanol–water partition coefficient (Wildman–Crippen LogP) is 4.17. The van der Waals surface area contributed by atoms with Crippen LogP contribution in [0.1, 0.15) is 52.9 Å². The molecule has 0 aromatic rings. The second-order valence-corrected chi connectivity index (χ2v) is 5.70. The Morgan fingerprint density at radius 2 is 1.69 bits per heavy atom. The van der Waals surface area contributed by atoms with E-state index in [1.165, 1.54) is 32.1 Å². The molecule has 2 aliphatic rings. The summed E-state index contributed by atoms with van der Waals surface area (Å²) in [5.74, 6) is 0.868. The first-order valence-electron chi connectivity index (χ1n) is 5.75. The molecule has 0 bridgehead atoms. The minimum Gasteiger partial charge on any atom is -0.0871 e. The Balaban J connectivity index is 2.11. The van der Waals surface area contributed by atoms with Crippen LogP contribution in [0.15, 0.2) is 12.2 Å². The van der Waals surface area contributed by atoms with Crippen molar-refractivity contribution in [2.45, 2.75) is 52.9 Å². The lowest BCUT2D eigenvalue weighted by atomic mass is 9.59. The van der Waals surface area contributed by atoms with Crippen LogP contribution in [0.2, 0.25) is 0 Å². The van der Waals surface area contributed by atoms with Gasteiger partial charge in [-0.2, -0.15) is 0 Å². The van der Waals surface area contributed by atoms with Crippen LogP contribution in [0.25, 0.3) is 0 Å². The first-order chi connectivity index (χ1) is 6.07. The molecule has 2 unspecified atom stereocenters. The monoisotopic (exact) mass is 178 g/mol. The molecule has 0 aromatic carbocycles. The van der Waals surface area contributed by atoms with E-state index in [9.17, 15) is 0 Å². The van der Waals surface area contributed by atoms with Gasteiger partial charge in [-0.25, -0.2) is 0 Å². The number of allylic oxidation sites excluding steroid dienone is 2. The van der Waals surface area contributed by atoms with Gasteiger partial charge in [0.25, 0.3) is 0 Å². The number of rotatable bonds is 2. The molecule has 0 N–H and O–H groups in total. The van der Waals surface area contributed by atoms with Gasteiger partial charge in [-0.15, -0.1) is 0 Å². The third-order valence-electron chi connectivity index (χ3n) is 4.84. The SMILES string of the molecule is CC(C1(C)C=CC1)C1(C)CCCC1. The van der Waals surface area contributed by atoms with E-state index in [2.05, 4.69) is 32.9 Å². The summed E-state index contributed by atoms with van der Waals surface area (Å²) in [7, 11) is 0. The first-order valence-corrected chi connectivity index (χ1v) is 5.75. The molecular formula is C13H22. The Bertz CT molecular complexity index is 220. The van der Waals surface area contributed by atoms with Gasteiger partial charge in [0.2, 0.25) is 0 Å². The van der Waals surface area contributed by atoms with Crippen LogP contribution >= 0.6 is 0 Å². The topological polar surface area (TPSA) is 0 Å². The van der Waals surface area contributed by atoms with E-state index in [0.29, 0.717) is 10.8 Å². The molecule has 2 atom stereocenters. The van der Waals surface area contributed by atoms with E-state index in [4.69, 9.17) is 0 Å². The summed E-state index contributed by atoms with van der Waals surface area (Å²) in [5, 5.41) is 0. The molecule has 0 radical (unpaired) electrons. The van der Waals surface area contributed by atoms with E-state index in [1.54, 1.807) is 0 Å². The standard InChI is InChI=1S/C13H22/c1-11(13(3)9-6-10-13)12(2)7-4-5-8-12/h6,9,11H,4-5,7-8,10H2,1-3H3. The quantitative estimate of drug-likeness (QED) is 0.557. The van der Waals surface area contributed by atoms with Gasteiger partial charge in [0.1, 0.15) is 0 Å². The number of hydrogen-bond donors (Lipinski definition) is 0. The summed E-state index contributed by atoms with van der Waals surface area (Å²) in [6.45, 7) is 7.40. The Morgan fingerprint density at radius 3 is 2.08 bits per heavy atom. The lowest BCUT2D eigenvalue weighted by Gasteiger charge is -2.46. The highest BCUT2D eigenvalue weighted by molar-refractivity contribution is 5.15. The van der Waals surface area contributed by atoms with Crippen molar-refractivity contribution in [2.75, 3.05) is 0 Å². The summed E-state index contributed by atoms with van der Waals surface area (Å²) in [6, 6.07) is 0. The van der Waals surface area contributed by atoms with Crippen molar-refractivity contribution in [3.8, 4) is 0 Å². The molecule has 0 saturated heterocycles. The molecule has 0 heteroatoms. The molecule has 13 heavy (non-hydrogen) atoms. The van der Waals surface area contributed by atoms with Gasteiger partial charge in [0.15, 0.2) is 0 Å². The highest BCUT2D eigenvalue weighted by atomic mass is 14.5. The zero-order valence-corrected chi connectivity index (χ0v) is 9.27. The molecule has 0 spiro atoms. The summed E-state index contributed by atoms with van der Waals surface area (Å²) in [5.41, 5.74) is 1.17. The molecule has 0 amide bonds. The average Bonchev–Trinajstić information content (AvgIpc) is 2.48. The molecule has 74 valence electrons. The van der Waals surface area contributed by atoms with Gasteiger partial charge in [-0.05, 0) is 36.0 Å². The van der Waals surface area contributed by atoms with E-state index >= 15 is 0 Å². The molecule has 1 saturated carbocycles. The second-order valence-electron chi connectivity index (χ2n) is 5.70. The fourth-order valence-electron chi connectivity index (χ4n) is 3.22. The van der Waals surface area contributed by atoms with E-state index in [1.807, 2.05) is 0 Å². The minimum absolute atomic E-state index is 0.527. The molecule has 0 nitrogen and oxygen atoms in total. The van der Waals surface area contributed by atoms with E-state index in [-0.39, 0.29) is 0 Å². The van der Waals surface area contributed by atoms with Crippen molar-refractivity contribution >= 4 is 0 Å². The second kappa shape index (κ2) is 2.87. The maximum Gasteiger partial charge on any atom is -0.00813 e. The van der Waals surface area contributed by atoms with Gasteiger partial charge in [-0.3, -0.25) is 0 Å². The normalized spacial score (nSPS) is 38.7. The summed E-state index contributed by atoms with van der Waals surface area (Å²) in [6.07, 6.45) is 11.9. The van der Waals surface area contributed by atoms with E-state index < -0.39 is 0 Å². The van der Waals surface area contributed by atoms with Crippen LogP contribution in [0, 0.1) is 16.7 Å². The van der Waals surface area contributed by atoms with Crippen LogP contribution in [-0.2, 0) is 0 Å². The largest absolute Gasteiger partial charge is 0.0871 e.